The molecule has 0 saturated heterocycles. The van der Waals surface area contributed by atoms with Gasteiger partial charge in [0.05, 0.1) is 0 Å². The summed E-state index contributed by atoms with van der Waals surface area (Å²) in [6.07, 6.45) is 2.47. The quantitative estimate of drug-likeness (QED) is 0.801. The molecule has 1 aromatic carbocycles. The molecule has 2 nitrogen and oxygen atoms in total. The fourth-order valence-electron chi connectivity index (χ4n) is 2.42. The normalized spacial score (nSPS) is 18.9. The van der Waals surface area contributed by atoms with Crippen LogP contribution in [0.4, 0.5) is 0 Å². The number of hydrogen-bond acceptors (Lipinski definition) is 3. The van der Waals surface area contributed by atoms with E-state index in [0.29, 0.717) is 12.1 Å². The molecule has 1 atom stereocenters. The standard InChI is InChI=1S/C16H26N2S/c1-13(2)18(3)11-6-10-17-15-9-12-19-16-8-5-4-7-14(15)16/h4-5,7-8,13,15,17H,6,9-12H2,1-3H3. The van der Waals surface area contributed by atoms with Crippen LogP contribution in [-0.4, -0.2) is 36.8 Å². The molecule has 1 aliphatic rings. The Bertz CT molecular complexity index is 392. The molecule has 2 rings (SSSR count). The highest BCUT2D eigenvalue weighted by Crippen LogP contribution is 2.35. The third kappa shape index (κ3) is 4.23. The highest BCUT2D eigenvalue weighted by atomic mass is 32.2. The summed E-state index contributed by atoms with van der Waals surface area (Å²) in [5.74, 6) is 1.24. The maximum atomic E-state index is 3.73. The Morgan fingerprint density at radius 1 is 1.37 bits per heavy atom. The molecule has 1 unspecified atom stereocenters. The molecule has 1 aromatic rings. The van der Waals surface area contributed by atoms with Crippen molar-refractivity contribution in [3.05, 3.63) is 29.8 Å². The number of benzene rings is 1. The Labute approximate surface area is 122 Å². The Morgan fingerprint density at radius 3 is 2.95 bits per heavy atom. The third-order valence-electron chi connectivity index (χ3n) is 3.92. The lowest BCUT2D eigenvalue weighted by atomic mass is 10.0. The molecule has 106 valence electrons. The first-order valence-corrected chi connectivity index (χ1v) is 8.32. The van der Waals surface area contributed by atoms with Crippen molar-refractivity contribution in [2.75, 3.05) is 25.9 Å². The van der Waals surface area contributed by atoms with Gasteiger partial charge >= 0.3 is 0 Å². The van der Waals surface area contributed by atoms with Crippen molar-refractivity contribution in [1.82, 2.24) is 10.2 Å². The first-order valence-electron chi connectivity index (χ1n) is 7.34. The molecule has 0 fully saturated rings. The van der Waals surface area contributed by atoms with Gasteiger partial charge in [-0.15, -0.1) is 11.8 Å². The fraction of sp³-hybridized carbons (Fsp3) is 0.625. The SMILES string of the molecule is CC(C)N(C)CCCNC1CCSc2ccccc21. The van der Waals surface area contributed by atoms with Crippen LogP contribution in [-0.2, 0) is 0 Å². The van der Waals surface area contributed by atoms with Gasteiger partial charge in [-0.2, -0.15) is 0 Å². The Morgan fingerprint density at radius 2 is 2.16 bits per heavy atom. The molecule has 0 aromatic heterocycles. The number of rotatable bonds is 6. The van der Waals surface area contributed by atoms with Crippen LogP contribution < -0.4 is 5.32 Å². The Kier molecular flexibility index (Phi) is 5.74. The molecule has 19 heavy (non-hydrogen) atoms. The minimum Gasteiger partial charge on any atom is -0.310 e. The van der Waals surface area contributed by atoms with Crippen molar-refractivity contribution in [3.63, 3.8) is 0 Å². The van der Waals surface area contributed by atoms with E-state index >= 15 is 0 Å². The van der Waals surface area contributed by atoms with Crippen molar-refractivity contribution in [1.29, 1.82) is 0 Å². The van der Waals surface area contributed by atoms with Gasteiger partial charge in [-0.05, 0) is 64.2 Å². The van der Waals surface area contributed by atoms with Crippen molar-refractivity contribution in [2.24, 2.45) is 0 Å². The van der Waals surface area contributed by atoms with E-state index in [1.807, 2.05) is 11.8 Å². The number of thioether (sulfide) groups is 1. The molecule has 3 heteroatoms. The highest BCUT2D eigenvalue weighted by molar-refractivity contribution is 7.99. The van der Waals surface area contributed by atoms with Crippen molar-refractivity contribution < 1.29 is 0 Å². The zero-order chi connectivity index (χ0) is 13.7. The monoisotopic (exact) mass is 278 g/mol. The van der Waals surface area contributed by atoms with E-state index in [1.54, 1.807) is 0 Å². The molecular formula is C16H26N2S. The third-order valence-corrected chi connectivity index (χ3v) is 5.04. The van der Waals surface area contributed by atoms with Crippen LogP contribution in [0, 0.1) is 0 Å². The van der Waals surface area contributed by atoms with Crippen LogP contribution in [0.15, 0.2) is 29.2 Å². The van der Waals surface area contributed by atoms with Crippen LogP contribution in [0.5, 0.6) is 0 Å². The average Bonchev–Trinajstić information content (AvgIpc) is 2.43. The minimum atomic E-state index is 0.557. The largest absolute Gasteiger partial charge is 0.310 e. The molecule has 0 saturated carbocycles. The second kappa shape index (κ2) is 7.32. The number of fused-ring (bicyclic) bond motifs is 1. The van der Waals surface area contributed by atoms with Crippen LogP contribution in [0.2, 0.25) is 0 Å². The number of hydrogen-bond donors (Lipinski definition) is 1. The lowest BCUT2D eigenvalue weighted by Crippen LogP contribution is -2.31. The predicted molar refractivity (Wildman–Crippen MR) is 84.9 cm³/mol. The van der Waals surface area contributed by atoms with Crippen molar-refractivity contribution >= 4 is 11.8 Å². The number of nitrogens with one attached hydrogen (secondary N) is 1. The van der Waals surface area contributed by atoms with E-state index in [1.165, 1.54) is 35.6 Å². The van der Waals surface area contributed by atoms with Gasteiger partial charge in [0, 0.05) is 17.0 Å². The van der Waals surface area contributed by atoms with E-state index in [0.717, 1.165) is 6.54 Å². The first-order chi connectivity index (χ1) is 9.18. The van der Waals surface area contributed by atoms with Crippen molar-refractivity contribution in [2.45, 2.75) is 43.7 Å². The lowest BCUT2D eigenvalue weighted by Gasteiger charge is -2.27. The van der Waals surface area contributed by atoms with E-state index < -0.39 is 0 Å². The summed E-state index contributed by atoms with van der Waals surface area (Å²) in [4.78, 5) is 3.87. The molecule has 0 aliphatic carbocycles. The molecular weight excluding hydrogens is 252 g/mol. The van der Waals surface area contributed by atoms with Gasteiger partial charge in [-0.1, -0.05) is 18.2 Å². The van der Waals surface area contributed by atoms with E-state index in [-0.39, 0.29) is 0 Å². The summed E-state index contributed by atoms with van der Waals surface area (Å²) < 4.78 is 0. The molecule has 0 amide bonds. The second-order valence-corrected chi connectivity index (χ2v) is 6.75. The fourth-order valence-corrected chi connectivity index (χ4v) is 3.54. The first kappa shape index (κ1) is 14.9. The van der Waals surface area contributed by atoms with Gasteiger partial charge in [0.15, 0.2) is 0 Å². The van der Waals surface area contributed by atoms with Crippen LogP contribution in [0.3, 0.4) is 0 Å². The molecule has 1 N–H and O–H groups in total. The van der Waals surface area contributed by atoms with Gasteiger partial charge in [0.25, 0.3) is 0 Å². The highest BCUT2D eigenvalue weighted by Gasteiger charge is 2.19. The lowest BCUT2D eigenvalue weighted by molar-refractivity contribution is 0.267. The summed E-state index contributed by atoms with van der Waals surface area (Å²) in [5, 5.41) is 3.73. The minimum absolute atomic E-state index is 0.557. The smallest absolute Gasteiger partial charge is 0.0339 e. The van der Waals surface area contributed by atoms with Crippen LogP contribution in [0.25, 0.3) is 0 Å². The summed E-state index contributed by atoms with van der Waals surface area (Å²) >= 11 is 1.99. The van der Waals surface area contributed by atoms with Gasteiger partial charge in [0.2, 0.25) is 0 Å². The maximum absolute atomic E-state index is 3.73. The maximum Gasteiger partial charge on any atom is 0.0339 e. The predicted octanol–water partition coefficient (Wildman–Crippen LogP) is 3.54. The average molecular weight is 278 g/mol. The van der Waals surface area contributed by atoms with Gasteiger partial charge in [-0.3, -0.25) is 0 Å². The van der Waals surface area contributed by atoms with E-state index in [4.69, 9.17) is 0 Å². The molecule has 1 aliphatic heterocycles. The topological polar surface area (TPSA) is 15.3 Å². The molecule has 0 spiro atoms. The zero-order valence-electron chi connectivity index (χ0n) is 12.4. The van der Waals surface area contributed by atoms with Crippen LogP contribution in [0.1, 0.15) is 38.3 Å². The van der Waals surface area contributed by atoms with Crippen molar-refractivity contribution in [3.8, 4) is 0 Å². The van der Waals surface area contributed by atoms with Gasteiger partial charge in [0.1, 0.15) is 0 Å². The zero-order valence-corrected chi connectivity index (χ0v) is 13.2. The second-order valence-electron chi connectivity index (χ2n) is 5.61. The van der Waals surface area contributed by atoms with E-state index in [2.05, 4.69) is 55.4 Å². The van der Waals surface area contributed by atoms with E-state index in [9.17, 15) is 0 Å². The van der Waals surface area contributed by atoms with Gasteiger partial charge < -0.3 is 10.2 Å². The summed E-state index contributed by atoms with van der Waals surface area (Å²) in [6, 6.07) is 10.0. The Balaban J connectivity index is 1.78. The molecule has 0 bridgehead atoms. The Hall–Kier alpha value is -0.510. The summed E-state index contributed by atoms with van der Waals surface area (Å²) in [5.41, 5.74) is 1.50. The summed E-state index contributed by atoms with van der Waals surface area (Å²) in [7, 11) is 2.21. The summed E-state index contributed by atoms with van der Waals surface area (Å²) in [6.45, 7) is 6.79. The molecule has 0 radical (unpaired) electrons. The van der Waals surface area contributed by atoms with Crippen LogP contribution >= 0.6 is 11.8 Å². The number of nitrogens with zero attached hydrogens (tertiary/aromatic N) is 1. The molecule has 1 heterocycles. The van der Waals surface area contributed by atoms with Gasteiger partial charge in [-0.25, -0.2) is 0 Å².